The van der Waals surface area contributed by atoms with E-state index in [-0.39, 0.29) is 6.04 Å². The van der Waals surface area contributed by atoms with Crippen LogP contribution in [0.5, 0.6) is 0 Å². The normalized spacial score (nSPS) is 13.0. The zero-order valence-electron chi connectivity index (χ0n) is 13.8. The van der Waals surface area contributed by atoms with Crippen molar-refractivity contribution in [1.29, 1.82) is 0 Å². The highest BCUT2D eigenvalue weighted by Crippen LogP contribution is 2.32. The number of aliphatic hydroxyl groups excluding tert-OH is 1. The van der Waals surface area contributed by atoms with Gasteiger partial charge in [0.05, 0.1) is 11.0 Å². The fourth-order valence-corrected chi connectivity index (χ4v) is 3.43. The van der Waals surface area contributed by atoms with Crippen LogP contribution in [0.1, 0.15) is 37.4 Å². The van der Waals surface area contributed by atoms with Crippen LogP contribution < -0.4 is 0 Å². The molecule has 4 aromatic rings. The summed E-state index contributed by atoms with van der Waals surface area (Å²) in [5.41, 5.74) is 2.87. The maximum Gasteiger partial charge on any atom is 0.143 e. The Kier molecular flexibility index (Phi) is 3.58. The average Bonchev–Trinajstić information content (AvgIpc) is 3.00. The van der Waals surface area contributed by atoms with Crippen LogP contribution in [-0.4, -0.2) is 14.7 Å². The minimum Gasteiger partial charge on any atom is -0.380 e. The van der Waals surface area contributed by atoms with E-state index in [2.05, 4.69) is 42.7 Å². The molecule has 1 atom stereocenters. The van der Waals surface area contributed by atoms with E-state index >= 15 is 0 Å². The predicted octanol–water partition coefficient (Wildman–Crippen LogP) is 4.85. The Morgan fingerprint density at radius 3 is 2.42 bits per heavy atom. The quantitative estimate of drug-likeness (QED) is 0.586. The van der Waals surface area contributed by atoms with E-state index in [9.17, 15) is 5.11 Å². The molecule has 0 aliphatic rings. The third-order valence-electron chi connectivity index (χ3n) is 4.50. The first kappa shape index (κ1) is 14.9. The first-order valence-electron chi connectivity index (χ1n) is 8.29. The van der Waals surface area contributed by atoms with Crippen LogP contribution >= 0.6 is 0 Å². The van der Waals surface area contributed by atoms with Gasteiger partial charge in [0.15, 0.2) is 0 Å². The summed E-state index contributed by atoms with van der Waals surface area (Å²) in [5.74, 6) is 0.697. The van der Waals surface area contributed by atoms with Crippen LogP contribution in [0.4, 0.5) is 0 Å². The molecule has 24 heavy (non-hydrogen) atoms. The molecule has 3 heteroatoms. The van der Waals surface area contributed by atoms with Crippen molar-refractivity contribution in [2.45, 2.75) is 26.0 Å². The fourth-order valence-electron chi connectivity index (χ4n) is 3.43. The zero-order valence-corrected chi connectivity index (χ0v) is 13.8. The minimum atomic E-state index is -0.758. The lowest BCUT2D eigenvalue weighted by Crippen LogP contribution is -2.12. The zero-order chi connectivity index (χ0) is 16.7. The van der Waals surface area contributed by atoms with E-state index in [1.807, 2.05) is 42.5 Å². The topological polar surface area (TPSA) is 38.0 Å². The Hall–Kier alpha value is -2.65. The summed E-state index contributed by atoms with van der Waals surface area (Å²) in [7, 11) is 0. The van der Waals surface area contributed by atoms with E-state index in [0.717, 1.165) is 27.4 Å². The second-order valence-corrected chi connectivity index (χ2v) is 6.39. The Labute approximate surface area is 141 Å². The van der Waals surface area contributed by atoms with Gasteiger partial charge in [-0.2, -0.15) is 0 Å². The van der Waals surface area contributed by atoms with E-state index < -0.39 is 6.10 Å². The number of hydrogen-bond donors (Lipinski definition) is 1. The molecule has 4 rings (SSSR count). The molecule has 0 saturated carbocycles. The molecule has 0 aliphatic heterocycles. The molecule has 0 radical (unpaired) electrons. The molecule has 3 aromatic carbocycles. The lowest BCUT2D eigenvalue weighted by atomic mass is 10.00. The molecule has 0 spiro atoms. The van der Waals surface area contributed by atoms with E-state index in [0.29, 0.717) is 5.82 Å². The molecule has 0 bridgehead atoms. The SMILES string of the molecule is CC(C)n1c(C(O)c2cccc3ccccc23)nc2ccccc21. The van der Waals surface area contributed by atoms with Crippen LogP contribution in [0.2, 0.25) is 0 Å². The Morgan fingerprint density at radius 1 is 0.875 bits per heavy atom. The molecule has 1 heterocycles. The predicted molar refractivity (Wildman–Crippen MR) is 98.1 cm³/mol. The fraction of sp³-hybridized carbons (Fsp3) is 0.190. The number of benzene rings is 3. The maximum absolute atomic E-state index is 11.1. The number of para-hydroxylation sites is 2. The summed E-state index contributed by atoms with van der Waals surface area (Å²) in [6.45, 7) is 4.24. The van der Waals surface area contributed by atoms with Crippen molar-refractivity contribution in [2.24, 2.45) is 0 Å². The number of rotatable bonds is 3. The third-order valence-corrected chi connectivity index (χ3v) is 4.50. The Morgan fingerprint density at radius 2 is 1.58 bits per heavy atom. The molecule has 1 aromatic heterocycles. The van der Waals surface area contributed by atoms with Crippen molar-refractivity contribution in [3.8, 4) is 0 Å². The Balaban J connectivity index is 1.95. The van der Waals surface area contributed by atoms with Gasteiger partial charge in [0.25, 0.3) is 0 Å². The lowest BCUT2D eigenvalue weighted by Gasteiger charge is -2.18. The highest BCUT2D eigenvalue weighted by atomic mass is 16.3. The van der Waals surface area contributed by atoms with Gasteiger partial charge in [-0.25, -0.2) is 4.98 Å². The summed E-state index contributed by atoms with van der Waals surface area (Å²) in [6, 6.07) is 22.4. The average molecular weight is 316 g/mol. The summed E-state index contributed by atoms with van der Waals surface area (Å²) in [4.78, 5) is 4.73. The smallest absolute Gasteiger partial charge is 0.143 e. The molecule has 0 aliphatic carbocycles. The van der Waals surface area contributed by atoms with Crippen LogP contribution in [0, 0.1) is 0 Å². The van der Waals surface area contributed by atoms with Gasteiger partial charge >= 0.3 is 0 Å². The van der Waals surface area contributed by atoms with E-state index in [1.54, 1.807) is 0 Å². The summed E-state index contributed by atoms with van der Waals surface area (Å²) in [5, 5.41) is 13.3. The monoisotopic (exact) mass is 316 g/mol. The van der Waals surface area contributed by atoms with Crippen molar-refractivity contribution in [3.63, 3.8) is 0 Å². The number of fused-ring (bicyclic) bond motifs is 2. The van der Waals surface area contributed by atoms with Crippen molar-refractivity contribution < 1.29 is 5.11 Å². The van der Waals surface area contributed by atoms with Crippen molar-refractivity contribution in [2.75, 3.05) is 0 Å². The first-order chi connectivity index (χ1) is 11.7. The number of imidazole rings is 1. The molecule has 0 amide bonds. The number of aromatic nitrogens is 2. The molecule has 0 saturated heterocycles. The molecular weight excluding hydrogens is 296 g/mol. The molecule has 120 valence electrons. The van der Waals surface area contributed by atoms with Crippen molar-refractivity contribution in [1.82, 2.24) is 9.55 Å². The minimum absolute atomic E-state index is 0.219. The molecule has 0 fully saturated rings. The van der Waals surface area contributed by atoms with Gasteiger partial charge in [-0.05, 0) is 42.3 Å². The van der Waals surface area contributed by atoms with Gasteiger partial charge in [0.2, 0.25) is 0 Å². The molecule has 1 unspecified atom stereocenters. The molecule has 3 nitrogen and oxygen atoms in total. The van der Waals surface area contributed by atoms with Crippen LogP contribution in [0.3, 0.4) is 0 Å². The first-order valence-corrected chi connectivity index (χ1v) is 8.29. The van der Waals surface area contributed by atoms with Gasteiger partial charge in [-0.1, -0.05) is 54.6 Å². The number of nitrogens with zero attached hydrogens (tertiary/aromatic N) is 2. The highest BCUT2D eigenvalue weighted by molar-refractivity contribution is 5.86. The third kappa shape index (κ3) is 2.29. The van der Waals surface area contributed by atoms with E-state index in [1.165, 1.54) is 0 Å². The van der Waals surface area contributed by atoms with Gasteiger partial charge in [-0.3, -0.25) is 0 Å². The molecular formula is C21H20N2O. The van der Waals surface area contributed by atoms with Gasteiger partial charge in [0.1, 0.15) is 11.9 Å². The summed E-state index contributed by atoms with van der Waals surface area (Å²) in [6.07, 6.45) is -0.758. The number of aliphatic hydroxyl groups is 1. The summed E-state index contributed by atoms with van der Waals surface area (Å²) < 4.78 is 2.13. The molecule has 1 N–H and O–H groups in total. The van der Waals surface area contributed by atoms with Crippen LogP contribution in [0.15, 0.2) is 66.7 Å². The Bertz CT molecular complexity index is 1010. The van der Waals surface area contributed by atoms with Crippen LogP contribution in [0.25, 0.3) is 21.8 Å². The van der Waals surface area contributed by atoms with Gasteiger partial charge in [0, 0.05) is 6.04 Å². The standard InChI is InChI=1S/C21H20N2O/c1-14(2)23-19-13-6-5-12-18(19)22-21(23)20(24)17-11-7-9-15-8-3-4-10-16(15)17/h3-14,20,24H,1-2H3. The van der Waals surface area contributed by atoms with Gasteiger partial charge < -0.3 is 9.67 Å². The van der Waals surface area contributed by atoms with Crippen molar-refractivity contribution in [3.05, 3.63) is 78.1 Å². The maximum atomic E-state index is 11.1. The largest absolute Gasteiger partial charge is 0.380 e. The van der Waals surface area contributed by atoms with E-state index in [4.69, 9.17) is 4.98 Å². The second-order valence-electron chi connectivity index (χ2n) is 6.39. The van der Waals surface area contributed by atoms with Crippen LogP contribution in [-0.2, 0) is 0 Å². The highest BCUT2D eigenvalue weighted by Gasteiger charge is 2.22. The van der Waals surface area contributed by atoms with Gasteiger partial charge in [-0.15, -0.1) is 0 Å². The lowest BCUT2D eigenvalue weighted by molar-refractivity contribution is 0.205. The number of hydrogen-bond acceptors (Lipinski definition) is 2. The summed E-state index contributed by atoms with van der Waals surface area (Å²) >= 11 is 0. The second kappa shape index (κ2) is 5.77. The van der Waals surface area contributed by atoms with Crippen molar-refractivity contribution >= 4 is 21.8 Å².